The number of fused-ring (bicyclic) bond motifs is 1. The van der Waals surface area contributed by atoms with Crippen LogP contribution in [0.3, 0.4) is 0 Å². The Labute approximate surface area is 173 Å². The van der Waals surface area contributed by atoms with Crippen LogP contribution in [0.2, 0.25) is 5.02 Å². The summed E-state index contributed by atoms with van der Waals surface area (Å²) in [6.07, 6.45) is 3.94. The van der Waals surface area contributed by atoms with Crippen LogP contribution in [0.15, 0.2) is 29.2 Å². The van der Waals surface area contributed by atoms with E-state index in [2.05, 4.69) is 5.32 Å². The molecule has 0 atom stereocenters. The third-order valence-electron chi connectivity index (χ3n) is 4.66. The molecule has 1 aromatic heterocycles. The van der Waals surface area contributed by atoms with Gasteiger partial charge in [0.1, 0.15) is 5.00 Å². The number of nitrogens with two attached hydrogens (primary N) is 1. The van der Waals surface area contributed by atoms with Crippen LogP contribution in [0.1, 0.15) is 46.5 Å². The van der Waals surface area contributed by atoms with Crippen molar-refractivity contribution in [3.05, 3.63) is 45.3 Å². The van der Waals surface area contributed by atoms with Crippen molar-refractivity contribution in [2.24, 2.45) is 5.73 Å². The second-order valence-electron chi connectivity index (χ2n) is 6.70. The minimum Gasteiger partial charge on any atom is -0.365 e. The summed E-state index contributed by atoms with van der Waals surface area (Å²) >= 11 is 7.17. The standard InChI is InChI=1S/C19H21ClN2O4S2/c20-12-7-9-13(10-8-12)28(25,26)11-3-6-16(23)22-19-17(18(21)24)14-4-1-2-5-15(14)27-19/h7-10H,1-6,11H2,(H2,21,24)(H,22,23). The highest BCUT2D eigenvalue weighted by atomic mass is 35.5. The van der Waals surface area contributed by atoms with E-state index in [1.807, 2.05) is 0 Å². The highest BCUT2D eigenvalue weighted by Gasteiger charge is 2.25. The molecule has 0 unspecified atom stereocenters. The van der Waals surface area contributed by atoms with E-state index >= 15 is 0 Å². The molecule has 1 aliphatic rings. The number of sulfone groups is 1. The Morgan fingerprint density at radius 1 is 1.14 bits per heavy atom. The molecular formula is C19H21ClN2O4S2. The maximum Gasteiger partial charge on any atom is 0.251 e. The largest absolute Gasteiger partial charge is 0.365 e. The van der Waals surface area contributed by atoms with E-state index in [1.165, 1.54) is 35.6 Å². The molecule has 1 aromatic carbocycles. The van der Waals surface area contributed by atoms with Gasteiger partial charge in [-0.1, -0.05) is 11.6 Å². The van der Waals surface area contributed by atoms with E-state index in [4.69, 9.17) is 17.3 Å². The van der Waals surface area contributed by atoms with Crippen LogP contribution in [0.5, 0.6) is 0 Å². The van der Waals surface area contributed by atoms with Gasteiger partial charge < -0.3 is 11.1 Å². The van der Waals surface area contributed by atoms with Crippen molar-refractivity contribution in [2.75, 3.05) is 11.1 Å². The third-order valence-corrected chi connectivity index (χ3v) is 7.94. The third kappa shape index (κ3) is 4.74. The Balaban J connectivity index is 1.61. The van der Waals surface area contributed by atoms with Gasteiger partial charge in [-0.15, -0.1) is 11.3 Å². The number of anilines is 1. The number of nitrogens with one attached hydrogen (secondary N) is 1. The molecule has 28 heavy (non-hydrogen) atoms. The van der Waals surface area contributed by atoms with Crippen LogP contribution in [0, 0.1) is 0 Å². The van der Waals surface area contributed by atoms with Crippen molar-refractivity contribution in [1.82, 2.24) is 0 Å². The Morgan fingerprint density at radius 2 is 1.82 bits per heavy atom. The highest BCUT2D eigenvalue weighted by molar-refractivity contribution is 7.91. The molecule has 0 bridgehead atoms. The Morgan fingerprint density at radius 3 is 2.50 bits per heavy atom. The smallest absolute Gasteiger partial charge is 0.251 e. The number of primary amides is 1. The van der Waals surface area contributed by atoms with Gasteiger partial charge in [0, 0.05) is 16.3 Å². The molecule has 0 saturated carbocycles. The van der Waals surface area contributed by atoms with E-state index in [0.717, 1.165) is 36.1 Å². The number of rotatable bonds is 7. The van der Waals surface area contributed by atoms with Crippen molar-refractivity contribution in [3.8, 4) is 0 Å². The second kappa shape index (κ2) is 8.63. The van der Waals surface area contributed by atoms with Gasteiger partial charge >= 0.3 is 0 Å². The number of carbonyl (C=O) groups excluding carboxylic acids is 2. The number of amides is 2. The molecule has 0 saturated heterocycles. The molecule has 0 aliphatic heterocycles. The molecule has 3 N–H and O–H groups in total. The lowest BCUT2D eigenvalue weighted by Gasteiger charge is -2.11. The van der Waals surface area contributed by atoms with E-state index in [9.17, 15) is 18.0 Å². The minimum absolute atomic E-state index is 0.0353. The average Bonchev–Trinajstić information content (AvgIpc) is 2.99. The first-order chi connectivity index (χ1) is 13.3. The van der Waals surface area contributed by atoms with Crippen LogP contribution in [0.25, 0.3) is 0 Å². The molecule has 0 fully saturated rings. The Bertz CT molecular complexity index is 998. The number of halogens is 1. The first kappa shape index (κ1) is 20.8. The Kier molecular flexibility index (Phi) is 6.42. The predicted molar refractivity (Wildman–Crippen MR) is 111 cm³/mol. The zero-order chi connectivity index (χ0) is 20.3. The van der Waals surface area contributed by atoms with Gasteiger partial charge in [0.25, 0.3) is 5.91 Å². The molecule has 0 spiro atoms. The van der Waals surface area contributed by atoms with Gasteiger partial charge in [0.2, 0.25) is 5.91 Å². The summed E-state index contributed by atoms with van der Waals surface area (Å²) in [6, 6.07) is 5.94. The molecule has 1 aliphatic carbocycles. The normalized spacial score (nSPS) is 13.8. The van der Waals surface area contributed by atoms with E-state index in [0.29, 0.717) is 15.6 Å². The summed E-state index contributed by atoms with van der Waals surface area (Å²) in [6.45, 7) is 0. The maximum absolute atomic E-state index is 12.3. The molecular weight excluding hydrogens is 420 g/mol. The number of thiophene rings is 1. The molecule has 150 valence electrons. The summed E-state index contributed by atoms with van der Waals surface area (Å²) in [5.41, 5.74) is 6.87. The van der Waals surface area contributed by atoms with Crippen molar-refractivity contribution in [1.29, 1.82) is 0 Å². The number of hydrogen-bond acceptors (Lipinski definition) is 5. The maximum atomic E-state index is 12.3. The summed E-state index contributed by atoms with van der Waals surface area (Å²) in [7, 11) is -3.48. The molecule has 2 amide bonds. The summed E-state index contributed by atoms with van der Waals surface area (Å²) in [5.74, 6) is -1.02. The number of benzene rings is 1. The van der Waals surface area contributed by atoms with Crippen LogP contribution in [-0.2, 0) is 27.5 Å². The summed E-state index contributed by atoms with van der Waals surface area (Å²) in [4.78, 5) is 25.4. The molecule has 6 nitrogen and oxygen atoms in total. The van der Waals surface area contributed by atoms with Crippen LogP contribution in [0.4, 0.5) is 5.00 Å². The zero-order valence-corrected chi connectivity index (χ0v) is 17.6. The number of carbonyl (C=O) groups is 2. The lowest BCUT2D eigenvalue weighted by atomic mass is 9.95. The van der Waals surface area contributed by atoms with Crippen molar-refractivity contribution < 1.29 is 18.0 Å². The molecule has 0 radical (unpaired) electrons. The van der Waals surface area contributed by atoms with Gasteiger partial charge in [-0.25, -0.2) is 8.42 Å². The number of aryl methyl sites for hydroxylation is 1. The van der Waals surface area contributed by atoms with Crippen LogP contribution in [-0.4, -0.2) is 26.0 Å². The van der Waals surface area contributed by atoms with Crippen molar-refractivity contribution in [3.63, 3.8) is 0 Å². The fraction of sp³-hybridized carbons (Fsp3) is 0.368. The fourth-order valence-corrected chi connectivity index (χ4v) is 6.03. The van der Waals surface area contributed by atoms with Gasteiger partial charge in [-0.3, -0.25) is 9.59 Å². The second-order valence-corrected chi connectivity index (χ2v) is 10.4. The van der Waals surface area contributed by atoms with Crippen molar-refractivity contribution >= 4 is 49.6 Å². The number of hydrogen-bond donors (Lipinski definition) is 2. The SMILES string of the molecule is NC(=O)c1c(NC(=O)CCCS(=O)(=O)c2ccc(Cl)cc2)sc2c1CCCC2. The fourth-order valence-electron chi connectivity index (χ4n) is 3.29. The molecule has 9 heteroatoms. The first-order valence-electron chi connectivity index (χ1n) is 9.00. The lowest BCUT2D eigenvalue weighted by molar-refractivity contribution is -0.116. The highest BCUT2D eigenvalue weighted by Crippen LogP contribution is 2.38. The van der Waals surface area contributed by atoms with Gasteiger partial charge in [-0.05, 0) is 61.9 Å². The first-order valence-corrected chi connectivity index (χ1v) is 11.8. The zero-order valence-electron chi connectivity index (χ0n) is 15.2. The van der Waals surface area contributed by atoms with Crippen molar-refractivity contribution in [2.45, 2.75) is 43.4 Å². The minimum atomic E-state index is -3.48. The van der Waals surface area contributed by atoms with E-state index in [1.54, 1.807) is 0 Å². The van der Waals surface area contributed by atoms with Crippen LogP contribution < -0.4 is 11.1 Å². The summed E-state index contributed by atoms with van der Waals surface area (Å²) in [5, 5.41) is 3.69. The monoisotopic (exact) mass is 440 g/mol. The topological polar surface area (TPSA) is 106 Å². The quantitative estimate of drug-likeness (QED) is 0.686. The Hall–Kier alpha value is -1.90. The molecule has 1 heterocycles. The van der Waals surface area contributed by atoms with E-state index < -0.39 is 15.7 Å². The predicted octanol–water partition coefficient (Wildman–Crippen LogP) is 3.57. The van der Waals surface area contributed by atoms with E-state index in [-0.39, 0.29) is 29.4 Å². The van der Waals surface area contributed by atoms with Crippen LogP contribution >= 0.6 is 22.9 Å². The van der Waals surface area contributed by atoms with Gasteiger partial charge in [0.15, 0.2) is 9.84 Å². The lowest BCUT2D eigenvalue weighted by Crippen LogP contribution is -2.19. The van der Waals surface area contributed by atoms with Gasteiger partial charge in [0.05, 0.1) is 16.2 Å². The van der Waals surface area contributed by atoms with Gasteiger partial charge in [-0.2, -0.15) is 0 Å². The average molecular weight is 441 g/mol. The molecule has 3 rings (SSSR count). The summed E-state index contributed by atoms with van der Waals surface area (Å²) < 4.78 is 24.7. The molecule has 2 aromatic rings.